The molecule has 18 heavy (non-hydrogen) atoms. The number of ether oxygens (including phenoxy) is 1. The van der Waals surface area contributed by atoms with Crippen LogP contribution >= 0.6 is 23.2 Å². The van der Waals surface area contributed by atoms with Crippen molar-refractivity contribution in [3.8, 4) is 5.75 Å². The van der Waals surface area contributed by atoms with Crippen molar-refractivity contribution >= 4 is 23.2 Å². The lowest BCUT2D eigenvalue weighted by molar-refractivity contribution is 0.174. The lowest BCUT2D eigenvalue weighted by Crippen LogP contribution is -2.17. The van der Waals surface area contributed by atoms with Crippen molar-refractivity contribution < 1.29 is 4.74 Å². The molecule has 2 aromatic rings. The molecule has 0 saturated carbocycles. The number of para-hydroxylation sites is 1. The van der Waals surface area contributed by atoms with E-state index in [0.29, 0.717) is 0 Å². The van der Waals surface area contributed by atoms with Crippen LogP contribution in [0, 0.1) is 0 Å². The fraction of sp³-hybridized carbons (Fsp3) is 0.200. The molecule has 1 nitrogen and oxygen atoms in total. The van der Waals surface area contributed by atoms with Crippen molar-refractivity contribution in [2.24, 2.45) is 0 Å². The van der Waals surface area contributed by atoms with Crippen molar-refractivity contribution in [3.05, 3.63) is 64.7 Å². The highest BCUT2D eigenvalue weighted by Crippen LogP contribution is 2.44. The van der Waals surface area contributed by atoms with Crippen LogP contribution < -0.4 is 4.74 Å². The molecule has 0 bridgehead atoms. The predicted molar refractivity (Wildman–Crippen MR) is 74.5 cm³/mol. The lowest BCUT2D eigenvalue weighted by Gasteiger charge is -2.30. The molecule has 3 heteroatoms. The third kappa shape index (κ3) is 2.09. The first kappa shape index (κ1) is 11.9. The molecule has 0 aliphatic carbocycles. The van der Waals surface area contributed by atoms with Gasteiger partial charge in [0.1, 0.15) is 11.9 Å². The molecule has 1 heterocycles. The van der Waals surface area contributed by atoms with E-state index in [2.05, 4.69) is 0 Å². The van der Waals surface area contributed by atoms with Crippen LogP contribution in [0.5, 0.6) is 5.75 Å². The molecule has 1 aliphatic heterocycles. The molecule has 0 aromatic heterocycles. The van der Waals surface area contributed by atoms with E-state index < -0.39 is 0 Å². The Bertz CT molecular complexity index is 568. The zero-order valence-corrected chi connectivity index (χ0v) is 11.2. The Hall–Kier alpha value is -1.18. The van der Waals surface area contributed by atoms with E-state index in [4.69, 9.17) is 27.9 Å². The SMILES string of the molecule is Clc1ccccc1C1CC(Cl)c2ccccc2O1. The van der Waals surface area contributed by atoms with Gasteiger partial charge in [-0.2, -0.15) is 0 Å². The number of rotatable bonds is 1. The maximum absolute atomic E-state index is 6.42. The molecule has 0 fully saturated rings. The minimum Gasteiger partial charge on any atom is -0.485 e. The quantitative estimate of drug-likeness (QED) is 0.656. The van der Waals surface area contributed by atoms with Gasteiger partial charge in [0.05, 0.1) is 5.38 Å². The van der Waals surface area contributed by atoms with E-state index in [1.54, 1.807) is 0 Å². The number of alkyl halides is 1. The van der Waals surface area contributed by atoms with Crippen LogP contribution in [0.4, 0.5) is 0 Å². The third-order valence-electron chi connectivity index (χ3n) is 3.20. The Kier molecular flexibility index (Phi) is 3.19. The largest absolute Gasteiger partial charge is 0.485 e. The van der Waals surface area contributed by atoms with Crippen LogP contribution in [-0.4, -0.2) is 0 Å². The molecule has 2 aromatic carbocycles. The van der Waals surface area contributed by atoms with Crippen LogP contribution in [0.2, 0.25) is 5.02 Å². The monoisotopic (exact) mass is 278 g/mol. The highest BCUT2D eigenvalue weighted by atomic mass is 35.5. The molecule has 92 valence electrons. The standard InChI is InChI=1S/C15H12Cl2O/c16-12-7-3-1-5-10(12)15-9-13(17)11-6-2-4-8-14(11)18-15/h1-8,13,15H,9H2. The molecular formula is C15H12Cl2O. The first-order chi connectivity index (χ1) is 8.75. The average Bonchev–Trinajstić information content (AvgIpc) is 2.39. The number of hydrogen-bond acceptors (Lipinski definition) is 1. The second kappa shape index (κ2) is 4.83. The second-order valence-corrected chi connectivity index (χ2v) is 5.30. The highest BCUT2D eigenvalue weighted by molar-refractivity contribution is 6.31. The topological polar surface area (TPSA) is 9.23 Å². The minimum atomic E-state index is -0.0731. The van der Waals surface area contributed by atoms with Crippen molar-refractivity contribution in [1.82, 2.24) is 0 Å². The van der Waals surface area contributed by atoms with Crippen LogP contribution in [-0.2, 0) is 0 Å². The fourth-order valence-electron chi connectivity index (χ4n) is 2.29. The Morgan fingerprint density at radius 3 is 2.39 bits per heavy atom. The lowest BCUT2D eigenvalue weighted by atomic mass is 9.97. The van der Waals surface area contributed by atoms with E-state index in [1.165, 1.54) is 0 Å². The normalized spacial score (nSPS) is 22.1. The number of benzene rings is 2. The first-order valence-electron chi connectivity index (χ1n) is 5.90. The number of halogens is 2. The van der Waals surface area contributed by atoms with Gasteiger partial charge >= 0.3 is 0 Å². The molecule has 0 amide bonds. The molecule has 0 saturated heterocycles. The fourth-order valence-corrected chi connectivity index (χ4v) is 2.89. The van der Waals surface area contributed by atoms with Gasteiger partial charge in [0.25, 0.3) is 0 Å². The summed E-state index contributed by atoms with van der Waals surface area (Å²) >= 11 is 12.6. The summed E-state index contributed by atoms with van der Waals surface area (Å²) in [6, 6.07) is 15.7. The molecule has 2 atom stereocenters. The molecule has 1 aliphatic rings. The zero-order chi connectivity index (χ0) is 12.5. The van der Waals surface area contributed by atoms with Crippen molar-refractivity contribution in [3.63, 3.8) is 0 Å². The van der Waals surface area contributed by atoms with Crippen molar-refractivity contribution in [2.45, 2.75) is 17.9 Å². The van der Waals surface area contributed by atoms with Gasteiger partial charge in [-0.1, -0.05) is 48.0 Å². The zero-order valence-electron chi connectivity index (χ0n) is 9.64. The van der Waals surface area contributed by atoms with Gasteiger partial charge in [0.15, 0.2) is 0 Å². The number of fused-ring (bicyclic) bond motifs is 1. The van der Waals surface area contributed by atoms with Crippen LogP contribution in [0.3, 0.4) is 0 Å². The minimum absolute atomic E-state index is 0.0313. The van der Waals surface area contributed by atoms with E-state index in [0.717, 1.165) is 28.3 Å². The summed E-state index contributed by atoms with van der Waals surface area (Å²) in [5.41, 5.74) is 2.06. The summed E-state index contributed by atoms with van der Waals surface area (Å²) in [6.45, 7) is 0. The Balaban J connectivity index is 1.97. The van der Waals surface area contributed by atoms with Gasteiger partial charge in [0.2, 0.25) is 0 Å². The van der Waals surface area contributed by atoms with E-state index in [-0.39, 0.29) is 11.5 Å². The maximum Gasteiger partial charge on any atom is 0.127 e. The highest BCUT2D eigenvalue weighted by Gasteiger charge is 2.28. The second-order valence-electron chi connectivity index (χ2n) is 4.37. The van der Waals surface area contributed by atoms with E-state index in [9.17, 15) is 0 Å². The van der Waals surface area contributed by atoms with Crippen LogP contribution in [0.25, 0.3) is 0 Å². The van der Waals surface area contributed by atoms with E-state index in [1.807, 2.05) is 48.5 Å². The Labute approximate surface area is 116 Å². The molecule has 0 radical (unpaired) electrons. The van der Waals surface area contributed by atoms with Crippen molar-refractivity contribution in [1.29, 1.82) is 0 Å². The average molecular weight is 279 g/mol. The van der Waals surface area contributed by atoms with Gasteiger partial charge in [-0.25, -0.2) is 0 Å². The molecule has 2 unspecified atom stereocenters. The van der Waals surface area contributed by atoms with E-state index >= 15 is 0 Å². The van der Waals surface area contributed by atoms with Crippen LogP contribution in [0.15, 0.2) is 48.5 Å². The Morgan fingerprint density at radius 2 is 1.61 bits per heavy atom. The first-order valence-corrected chi connectivity index (χ1v) is 6.71. The summed E-state index contributed by atoms with van der Waals surface area (Å²) in [7, 11) is 0. The Morgan fingerprint density at radius 1 is 0.944 bits per heavy atom. The van der Waals surface area contributed by atoms with Gasteiger partial charge in [-0.3, -0.25) is 0 Å². The van der Waals surface area contributed by atoms with Gasteiger partial charge in [-0.15, -0.1) is 11.6 Å². The van der Waals surface area contributed by atoms with Gasteiger partial charge in [-0.05, 0) is 12.1 Å². The molecule has 0 spiro atoms. The maximum atomic E-state index is 6.42. The number of hydrogen-bond donors (Lipinski definition) is 0. The molecular weight excluding hydrogens is 267 g/mol. The predicted octanol–water partition coefficient (Wildman–Crippen LogP) is 5.14. The smallest absolute Gasteiger partial charge is 0.127 e. The molecule has 0 N–H and O–H groups in total. The summed E-state index contributed by atoms with van der Waals surface area (Å²) in [5.74, 6) is 0.855. The van der Waals surface area contributed by atoms with Gasteiger partial charge in [0, 0.05) is 22.6 Å². The summed E-state index contributed by atoms with van der Waals surface area (Å²) in [4.78, 5) is 0. The summed E-state index contributed by atoms with van der Waals surface area (Å²) < 4.78 is 6.00. The summed E-state index contributed by atoms with van der Waals surface area (Å²) in [5, 5.41) is 0.696. The summed E-state index contributed by atoms with van der Waals surface area (Å²) in [6.07, 6.45) is 0.665. The van der Waals surface area contributed by atoms with Crippen molar-refractivity contribution in [2.75, 3.05) is 0 Å². The third-order valence-corrected chi connectivity index (χ3v) is 3.96. The van der Waals surface area contributed by atoms with Crippen LogP contribution in [0.1, 0.15) is 29.0 Å². The van der Waals surface area contributed by atoms with Gasteiger partial charge < -0.3 is 4.74 Å². The molecule has 3 rings (SSSR count).